The van der Waals surface area contributed by atoms with Crippen LogP contribution in [0.15, 0.2) is 71.6 Å². The molecule has 0 saturated carbocycles. The summed E-state index contributed by atoms with van der Waals surface area (Å²) >= 11 is 1.55. The minimum Gasteiger partial charge on any atom is -0.337 e. The maximum Gasteiger partial charge on any atom is 0.270 e. The molecule has 0 radical (unpaired) electrons. The van der Waals surface area contributed by atoms with Crippen LogP contribution in [0, 0.1) is 24.0 Å². The second kappa shape index (κ2) is 9.09. The standard InChI is InChI=1S/C23H23N5O2S/c1-17-7-8-21(18(2)13-17)25-23-27(11-4-10-26-12-9-24-16-26)22(15-31-23)19-5-3-6-20(14-19)28(29)30/h3,5-9,12-16H,4,10-11H2,1-2H3. The van der Waals surface area contributed by atoms with Gasteiger partial charge in [0, 0.05) is 48.6 Å². The molecule has 0 bridgehead atoms. The maximum absolute atomic E-state index is 11.3. The second-order valence-corrected chi connectivity index (χ2v) is 8.25. The van der Waals surface area contributed by atoms with Gasteiger partial charge in [-0.1, -0.05) is 29.8 Å². The third-order valence-electron chi connectivity index (χ3n) is 5.08. The summed E-state index contributed by atoms with van der Waals surface area (Å²) in [5.41, 5.74) is 5.09. The number of hydrogen-bond acceptors (Lipinski definition) is 5. The summed E-state index contributed by atoms with van der Waals surface area (Å²) in [6, 6.07) is 13.0. The van der Waals surface area contributed by atoms with E-state index in [1.165, 1.54) is 11.6 Å². The molecule has 7 nitrogen and oxygen atoms in total. The van der Waals surface area contributed by atoms with Crippen LogP contribution in [0.5, 0.6) is 0 Å². The van der Waals surface area contributed by atoms with Gasteiger partial charge in [-0.2, -0.15) is 0 Å². The number of nitro groups is 1. The Hall–Kier alpha value is -3.52. The van der Waals surface area contributed by atoms with E-state index in [9.17, 15) is 10.1 Å². The molecule has 2 aromatic heterocycles. The average Bonchev–Trinajstić information content (AvgIpc) is 3.41. The van der Waals surface area contributed by atoms with Crippen molar-refractivity contribution in [3.05, 3.63) is 92.6 Å². The van der Waals surface area contributed by atoms with Crippen molar-refractivity contribution in [2.45, 2.75) is 33.4 Å². The van der Waals surface area contributed by atoms with Crippen molar-refractivity contribution in [1.82, 2.24) is 14.1 Å². The normalized spacial score (nSPS) is 11.7. The third kappa shape index (κ3) is 4.80. The molecule has 0 N–H and O–H groups in total. The molecule has 0 spiro atoms. The van der Waals surface area contributed by atoms with E-state index in [0.717, 1.165) is 46.8 Å². The molecular weight excluding hydrogens is 410 g/mol. The SMILES string of the molecule is Cc1ccc(N=c2scc(-c3cccc([N+](=O)[O-])c3)n2CCCn2ccnc2)c(C)c1. The van der Waals surface area contributed by atoms with E-state index >= 15 is 0 Å². The van der Waals surface area contributed by atoms with Crippen molar-refractivity contribution in [2.24, 2.45) is 4.99 Å². The highest BCUT2D eigenvalue weighted by molar-refractivity contribution is 7.07. The molecule has 158 valence electrons. The zero-order valence-electron chi connectivity index (χ0n) is 17.4. The summed E-state index contributed by atoms with van der Waals surface area (Å²) in [7, 11) is 0. The molecule has 0 amide bonds. The van der Waals surface area contributed by atoms with Gasteiger partial charge in [0.15, 0.2) is 4.80 Å². The number of thiazole rings is 1. The molecule has 0 fully saturated rings. The largest absolute Gasteiger partial charge is 0.337 e. The molecule has 2 aromatic carbocycles. The van der Waals surface area contributed by atoms with Crippen LogP contribution in [0.3, 0.4) is 0 Å². The van der Waals surface area contributed by atoms with Crippen molar-refractivity contribution in [3.63, 3.8) is 0 Å². The van der Waals surface area contributed by atoms with E-state index in [1.807, 2.05) is 28.3 Å². The van der Waals surface area contributed by atoms with E-state index in [-0.39, 0.29) is 10.6 Å². The zero-order valence-corrected chi connectivity index (χ0v) is 18.2. The highest BCUT2D eigenvalue weighted by atomic mass is 32.1. The van der Waals surface area contributed by atoms with E-state index in [2.05, 4.69) is 35.5 Å². The quantitative estimate of drug-likeness (QED) is 0.295. The first kappa shape index (κ1) is 20.7. The van der Waals surface area contributed by atoms with Gasteiger partial charge in [0.25, 0.3) is 5.69 Å². The minimum absolute atomic E-state index is 0.0848. The van der Waals surface area contributed by atoms with Crippen molar-refractivity contribution in [2.75, 3.05) is 0 Å². The number of benzene rings is 2. The fourth-order valence-electron chi connectivity index (χ4n) is 3.51. The molecular formula is C23H23N5O2S. The second-order valence-electron chi connectivity index (χ2n) is 7.42. The van der Waals surface area contributed by atoms with Gasteiger partial charge in [-0.15, -0.1) is 11.3 Å². The molecule has 0 aliphatic rings. The predicted molar refractivity (Wildman–Crippen MR) is 122 cm³/mol. The van der Waals surface area contributed by atoms with E-state index in [1.54, 1.807) is 36.0 Å². The van der Waals surface area contributed by atoms with Gasteiger partial charge in [0.1, 0.15) is 0 Å². The van der Waals surface area contributed by atoms with E-state index < -0.39 is 0 Å². The lowest BCUT2D eigenvalue weighted by Crippen LogP contribution is -2.17. The molecule has 0 aliphatic heterocycles. The first-order valence-electron chi connectivity index (χ1n) is 10.0. The number of imidazole rings is 1. The zero-order chi connectivity index (χ0) is 21.8. The molecule has 0 unspecified atom stereocenters. The first-order chi connectivity index (χ1) is 15.0. The molecule has 2 heterocycles. The Balaban J connectivity index is 1.75. The fourth-order valence-corrected chi connectivity index (χ4v) is 4.46. The van der Waals surface area contributed by atoms with Crippen molar-refractivity contribution in [3.8, 4) is 11.3 Å². The van der Waals surface area contributed by atoms with Crippen LogP contribution in [-0.4, -0.2) is 19.0 Å². The van der Waals surface area contributed by atoms with Gasteiger partial charge in [-0.3, -0.25) is 10.1 Å². The summed E-state index contributed by atoms with van der Waals surface area (Å²) < 4.78 is 4.20. The van der Waals surface area contributed by atoms with Gasteiger partial charge in [0.2, 0.25) is 0 Å². The van der Waals surface area contributed by atoms with Gasteiger partial charge >= 0.3 is 0 Å². The molecule has 0 saturated heterocycles. The Labute approximate surface area is 184 Å². The van der Waals surface area contributed by atoms with Crippen LogP contribution >= 0.6 is 11.3 Å². The van der Waals surface area contributed by atoms with Gasteiger partial charge < -0.3 is 9.13 Å². The Morgan fingerprint density at radius 3 is 2.77 bits per heavy atom. The summed E-state index contributed by atoms with van der Waals surface area (Å²) in [6.07, 6.45) is 6.41. The average molecular weight is 434 g/mol. The lowest BCUT2D eigenvalue weighted by Gasteiger charge is -2.10. The van der Waals surface area contributed by atoms with E-state index in [0.29, 0.717) is 0 Å². The summed E-state index contributed by atoms with van der Waals surface area (Å²) in [6.45, 7) is 5.70. The van der Waals surface area contributed by atoms with Gasteiger partial charge in [0.05, 0.1) is 22.6 Å². The van der Waals surface area contributed by atoms with Crippen molar-refractivity contribution >= 4 is 22.7 Å². The smallest absolute Gasteiger partial charge is 0.270 e. The Kier molecular flexibility index (Phi) is 6.08. The number of aryl methyl sites for hydroxylation is 3. The number of nitrogens with zero attached hydrogens (tertiary/aromatic N) is 5. The number of aromatic nitrogens is 3. The van der Waals surface area contributed by atoms with Crippen LogP contribution < -0.4 is 4.80 Å². The summed E-state index contributed by atoms with van der Waals surface area (Å²) in [5, 5.41) is 13.3. The Morgan fingerprint density at radius 2 is 2.03 bits per heavy atom. The van der Waals surface area contributed by atoms with Gasteiger partial charge in [-0.05, 0) is 31.9 Å². The molecule has 4 rings (SSSR count). The first-order valence-corrected chi connectivity index (χ1v) is 10.9. The number of nitro benzene ring substituents is 1. The molecule has 0 aliphatic carbocycles. The van der Waals surface area contributed by atoms with Crippen LogP contribution in [0.1, 0.15) is 17.5 Å². The van der Waals surface area contributed by atoms with E-state index in [4.69, 9.17) is 4.99 Å². The lowest BCUT2D eigenvalue weighted by atomic mass is 10.1. The maximum atomic E-state index is 11.3. The van der Waals surface area contributed by atoms with Crippen LogP contribution in [0.25, 0.3) is 11.3 Å². The van der Waals surface area contributed by atoms with Crippen LogP contribution in [0.4, 0.5) is 11.4 Å². The lowest BCUT2D eigenvalue weighted by molar-refractivity contribution is -0.384. The Bertz CT molecular complexity index is 1270. The van der Waals surface area contributed by atoms with Crippen molar-refractivity contribution < 1.29 is 4.92 Å². The Morgan fingerprint density at radius 1 is 1.16 bits per heavy atom. The van der Waals surface area contributed by atoms with Gasteiger partial charge in [-0.25, -0.2) is 9.98 Å². The van der Waals surface area contributed by atoms with Crippen LogP contribution in [-0.2, 0) is 13.1 Å². The number of rotatable bonds is 7. The third-order valence-corrected chi connectivity index (χ3v) is 5.94. The minimum atomic E-state index is -0.361. The topological polar surface area (TPSA) is 78.2 Å². The number of non-ortho nitro benzene ring substituents is 1. The predicted octanol–water partition coefficient (Wildman–Crippen LogP) is 5.26. The summed E-state index contributed by atoms with van der Waals surface area (Å²) in [4.78, 5) is 20.8. The fraction of sp³-hybridized carbons (Fsp3) is 0.217. The highest BCUT2D eigenvalue weighted by Crippen LogP contribution is 2.26. The molecule has 31 heavy (non-hydrogen) atoms. The molecule has 0 atom stereocenters. The molecule has 8 heteroatoms. The monoisotopic (exact) mass is 433 g/mol. The highest BCUT2D eigenvalue weighted by Gasteiger charge is 2.12. The molecule has 4 aromatic rings. The number of hydrogen-bond donors (Lipinski definition) is 0. The summed E-state index contributed by atoms with van der Waals surface area (Å²) in [5.74, 6) is 0. The van der Waals surface area contributed by atoms with Crippen molar-refractivity contribution in [1.29, 1.82) is 0 Å². The van der Waals surface area contributed by atoms with Crippen LogP contribution in [0.2, 0.25) is 0 Å².